The molecule has 0 radical (unpaired) electrons. The molecule has 0 aliphatic heterocycles. The Morgan fingerprint density at radius 2 is 1.04 bits per heavy atom. The number of hydrogen-bond donors (Lipinski definition) is 0. The van der Waals surface area contributed by atoms with Crippen LogP contribution in [0.5, 0.6) is 0 Å². The first-order valence-corrected chi connectivity index (χ1v) is 16.8. The van der Waals surface area contributed by atoms with Crippen LogP contribution in [0.1, 0.15) is 22.3 Å². The highest BCUT2D eigenvalue weighted by molar-refractivity contribution is 6.04. The van der Waals surface area contributed by atoms with Crippen molar-refractivity contribution >= 4 is 32.6 Å². The van der Waals surface area contributed by atoms with Crippen molar-refractivity contribution in [1.82, 2.24) is 9.97 Å². The van der Waals surface area contributed by atoms with E-state index in [1.54, 1.807) is 0 Å². The maximum Gasteiger partial charge on any atom is 0.0972 e. The summed E-state index contributed by atoms with van der Waals surface area (Å²) in [6, 6.07) is 63.9. The summed E-state index contributed by atoms with van der Waals surface area (Å²) in [5, 5.41) is 4.72. The van der Waals surface area contributed by atoms with E-state index in [0.717, 1.165) is 33.1 Å². The molecule has 2 aromatic heterocycles. The molecule has 0 atom stereocenters. The van der Waals surface area contributed by atoms with Crippen LogP contribution in [0.15, 0.2) is 182 Å². The molecule has 2 nitrogen and oxygen atoms in total. The normalized spacial score (nSPS) is 13.1. The van der Waals surface area contributed by atoms with Crippen LogP contribution in [0.2, 0.25) is 0 Å². The standard InChI is InChI=1S/C47H30N2/c1-3-11-37(12-4-1)47(38-13-5-2-6-14-38)42-16-8-7-15-40(42)41-27-24-36-30-35(23-26-39(36)44(41)47)31-17-19-32(20-18-31)43-28-25-34-22-21-33-10-9-29-48-45(33)46(34)49-43/h1-30H. The van der Waals surface area contributed by atoms with Gasteiger partial charge in [0.05, 0.1) is 22.1 Å². The van der Waals surface area contributed by atoms with Crippen LogP contribution in [0.25, 0.3) is 66.1 Å². The number of hydrogen-bond acceptors (Lipinski definition) is 2. The fourth-order valence-corrected chi connectivity index (χ4v) is 8.18. The van der Waals surface area contributed by atoms with Crippen molar-refractivity contribution in [2.45, 2.75) is 5.41 Å². The summed E-state index contributed by atoms with van der Waals surface area (Å²) in [7, 11) is 0. The molecule has 0 unspecified atom stereocenters. The molecule has 0 saturated heterocycles. The van der Waals surface area contributed by atoms with Crippen molar-refractivity contribution in [3.05, 3.63) is 204 Å². The molecule has 9 aromatic rings. The highest BCUT2D eigenvalue weighted by atomic mass is 14.7. The predicted molar refractivity (Wildman–Crippen MR) is 203 cm³/mol. The summed E-state index contributed by atoms with van der Waals surface area (Å²) in [5.41, 5.74) is 13.7. The molecule has 0 fully saturated rings. The SMILES string of the molecule is c1ccc(C2(c3ccccc3)c3ccccc3-c3ccc4cc(-c5ccc(-c6ccc7ccc8cccnc8c7n6)cc5)ccc4c32)cc1. The molecular formula is C47H30N2. The average Bonchev–Trinajstić information content (AvgIpc) is 3.50. The van der Waals surface area contributed by atoms with E-state index in [2.05, 4.69) is 175 Å². The highest BCUT2D eigenvalue weighted by Crippen LogP contribution is 2.58. The molecule has 0 saturated carbocycles. The van der Waals surface area contributed by atoms with Gasteiger partial charge in [-0.1, -0.05) is 158 Å². The van der Waals surface area contributed by atoms with Gasteiger partial charge in [0.25, 0.3) is 0 Å². The van der Waals surface area contributed by atoms with E-state index in [9.17, 15) is 0 Å². The maximum atomic E-state index is 5.07. The second kappa shape index (κ2) is 10.8. The molecule has 2 heterocycles. The van der Waals surface area contributed by atoms with Crippen molar-refractivity contribution in [2.24, 2.45) is 0 Å². The third kappa shape index (κ3) is 4.14. The number of fused-ring (bicyclic) bond motifs is 8. The Kier molecular flexibility index (Phi) is 6.13. The topological polar surface area (TPSA) is 25.8 Å². The van der Waals surface area contributed by atoms with Gasteiger partial charge >= 0.3 is 0 Å². The summed E-state index contributed by atoms with van der Waals surface area (Å²) < 4.78 is 0. The first-order chi connectivity index (χ1) is 24.3. The molecule has 49 heavy (non-hydrogen) atoms. The summed E-state index contributed by atoms with van der Waals surface area (Å²) in [6.45, 7) is 0. The van der Waals surface area contributed by atoms with Crippen LogP contribution in [0.4, 0.5) is 0 Å². The van der Waals surface area contributed by atoms with Crippen LogP contribution < -0.4 is 0 Å². The second-order valence-electron chi connectivity index (χ2n) is 12.9. The predicted octanol–water partition coefficient (Wildman–Crippen LogP) is 11.6. The lowest BCUT2D eigenvalue weighted by Crippen LogP contribution is -2.28. The van der Waals surface area contributed by atoms with E-state index >= 15 is 0 Å². The molecule has 0 bridgehead atoms. The lowest BCUT2D eigenvalue weighted by molar-refractivity contribution is 0.775. The number of pyridine rings is 2. The Morgan fingerprint density at radius 3 is 1.82 bits per heavy atom. The van der Waals surface area contributed by atoms with Crippen LogP contribution in [0, 0.1) is 0 Å². The lowest BCUT2D eigenvalue weighted by atomic mass is 9.66. The average molecular weight is 623 g/mol. The molecule has 2 heteroatoms. The van der Waals surface area contributed by atoms with Crippen LogP contribution in [-0.4, -0.2) is 9.97 Å². The zero-order valence-corrected chi connectivity index (χ0v) is 26.7. The van der Waals surface area contributed by atoms with Gasteiger partial charge < -0.3 is 0 Å². The fourth-order valence-electron chi connectivity index (χ4n) is 8.18. The van der Waals surface area contributed by atoms with Crippen LogP contribution >= 0.6 is 0 Å². The monoisotopic (exact) mass is 622 g/mol. The molecule has 0 spiro atoms. The van der Waals surface area contributed by atoms with Crippen molar-refractivity contribution in [3.63, 3.8) is 0 Å². The quantitative estimate of drug-likeness (QED) is 0.183. The van der Waals surface area contributed by atoms with Crippen molar-refractivity contribution < 1.29 is 0 Å². The smallest absolute Gasteiger partial charge is 0.0972 e. The van der Waals surface area contributed by atoms with Gasteiger partial charge in [-0.15, -0.1) is 0 Å². The molecule has 10 rings (SSSR count). The number of benzene rings is 7. The lowest BCUT2D eigenvalue weighted by Gasteiger charge is -2.34. The molecule has 7 aromatic carbocycles. The van der Waals surface area contributed by atoms with Gasteiger partial charge in [-0.05, 0) is 73.5 Å². The van der Waals surface area contributed by atoms with Crippen molar-refractivity contribution in [1.29, 1.82) is 0 Å². The van der Waals surface area contributed by atoms with Crippen LogP contribution in [0.3, 0.4) is 0 Å². The number of aromatic nitrogens is 2. The highest BCUT2D eigenvalue weighted by Gasteiger charge is 2.46. The van der Waals surface area contributed by atoms with Gasteiger partial charge in [0, 0.05) is 22.5 Å². The minimum atomic E-state index is -0.426. The Morgan fingerprint density at radius 1 is 0.408 bits per heavy atom. The zero-order valence-electron chi connectivity index (χ0n) is 26.7. The molecule has 228 valence electrons. The van der Waals surface area contributed by atoms with E-state index in [1.165, 1.54) is 55.3 Å². The van der Waals surface area contributed by atoms with Crippen molar-refractivity contribution in [3.8, 4) is 33.5 Å². The van der Waals surface area contributed by atoms with E-state index in [-0.39, 0.29) is 0 Å². The van der Waals surface area contributed by atoms with Crippen LogP contribution in [-0.2, 0) is 5.41 Å². The van der Waals surface area contributed by atoms with Gasteiger partial charge in [0.1, 0.15) is 0 Å². The first kappa shape index (κ1) is 27.7. The minimum Gasteiger partial charge on any atom is -0.254 e. The zero-order chi connectivity index (χ0) is 32.4. The summed E-state index contributed by atoms with van der Waals surface area (Å²) in [6.07, 6.45) is 1.84. The number of rotatable bonds is 4. The molecular weight excluding hydrogens is 593 g/mol. The molecule has 0 N–H and O–H groups in total. The molecule has 1 aliphatic carbocycles. The second-order valence-corrected chi connectivity index (χ2v) is 12.9. The minimum absolute atomic E-state index is 0.426. The number of nitrogens with zero attached hydrogens (tertiary/aromatic N) is 2. The van der Waals surface area contributed by atoms with E-state index in [4.69, 9.17) is 4.98 Å². The summed E-state index contributed by atoms with van der Waals surface area (Å²) >= 11 is 0. The third-order valence-electron chi connectivity index (χ3n) is 10.4. The molecule has 1 aliphatic rings. The van der Waals surface area contributed by atoms with Gasteiger partial charge in [-0.2, -0.15) is 0 Å². The van der Waals surface area contributed by atoms with Gasteiger partial charge in [0.15, 0.2) is 0 Å². The van der Waals surface area contributed by atoms with Crippen molar-refractivity contribution in [2.75, 3.05) is 0 Å². The summed E-state index contributed by atoms with van der Waals surface area (Å²) in [4.78, 5) is 9.71. The Hall–Kier alpha value is -6.38. The van der Waals surface area contributed by atoms with E-state index in [1.807, 2.05) is 12.3 Å². The van der Waals surface area contributed by atoms with Gasteiger partial charge in [-0.3, -0.25) is 4.98 Å². The first-order valence-electron chi connectivity index (χ1n) is 16.8. The van der Waals surface area contributed by atoms with E-state index < -0.39 is 5.41 Å². The Labute approximate surface area is 285 Å². The maximum absolute atomic E-state index is 5.07. The largest absolute Gasteiger partial charge is 0.254 e. The van der Waals surface area contributed by atoms with Gasteiger partial charge in [-0.25, -0.2) is 4.98 Å². The van der Waals surface area contributed by atoms with E-state index in [0.29, 0.717) is 0 Å². The Balaban J connectivity index is 1.10. The Bertz CT molecular complexity index is 2660. The molecule has 0 amide bonds. The fraction of sp³-hybridized carbons (Fsp3) is 0.0213. The summed E-state index contributed by atoms with van der Waals surface area (Å²) in [5.74, 6) is 0. The van der Waals surface area contributed by atoms with Gasteiger partial charge in [0.2, 0.25) is 0 Å². The third-order valence-corrected chi connectivity index (χ3v) is 10.4.